The van der Waals surface area contributed by atoms with Crippen molar-refractivity contribution >= 4 is 11.0 Å². The largest absolute Gasteiger partial charge is 0.507 e. The van der Waals surface area contributed by atoms with Crippen molar-refractivity contribution in [3.05, 3.63) is 217 Å². The number of aromatic nitrogens is 3. The van der Waals surface area contributed by atoms with Crippen LogP contribution < -0.4 is 0 Å². The Labute approximate surface area is 447 Å². The van der Waals surface area contributed by atoms with Gasteiger partial charge in [-0.25, -0.2) is 4.98 Å². The quantitative estimate of drug-likeness (QED) is 0.131. The Balaban J connectivity index is 0.00000656. The summed E-state index contributed by atoms with van der Waals surface area (Å²) in [6.07, 6.45) is 4.11. The number of phenolic OH excluding ortho intramolecular Hbond substituents is 1. The number of rotatable bonds is 11. The third-order valence-electron chi connectivity index (χ3n) is 15.0. The summed E-state index contributed by atoms with van der Waals surface area (Å²) in [4.78, 5) is 10.7. The number of benzene rings is 8. The van der Waals surface area contributed by atoms with Crippen molar-refractivity contribution in [3.63, 3.8) is 0 Å². The predicted octanol–water partition coefficient (Wildman–Crippen LogP) is 18.3. The maximum Gasteiger partial charge on any atom is 0.148 e. The normalized spacial score (nSPS) is 12.0. The fourth-order valence-electron chi connectivity index (χ4n) is 9.99. The number of pyridine rings is 1. The molecule has 10 aromatic rings. The molecule has 2 aromatic heterocycles. The van der Waals surface area contributed by atoms with Gasteiger partial charge in [-0.3, -0.25) is 9.55 Å². The molecule has 0 amide bonds. The van der Waals surface area contributed by atoms with E-state index in [0.717, 1.165) is 96.5 Å². The van der Waals surface area contributed by atoms with Gasteiger partial charge in [0.15, 0.2) is 0 Å². The average Bonchev–Trinajstić information content (AvgIpc) is 3.80. The van der Waals surface area contributed by atoms with E-state index >= 15 is 0 Å². The number of aromatic hydroxyl groups is 1. The molecule has 0 saturated carbocycles. The molecule has 5 heteroatoms. The molecule has 10 rings (SSSR count). The summed E-state index contributed by atoms with van der Waals surface area (Å²) >= 11 is 0. The molecule has 2 heterocycles. The number of phenols is 1. The molecule has 0 atom stereocenters. The van der Waals surface area contributed by atoms with Gasteiger partial charge in [0.1, 0.15) is 11.6 Å². The molecule has 0 spiro atoms. The SMILES string of the molecule is CCC(C)(CC)c1ccc(-c2ccnc(-c3[c-]c(-c4cccc5c4nc(-c4cc(-c6ccccc6)cc(-c6ccccc6)c4O)n5-c4ccc(C(C)(C)C)cc4-c4ccccc4)cc(C(C)(C)C)c3)c2)cc1.[Pt]. The number of hydrogen-bond acceptors (Lipinski definition) is 3. The van der Waals surface area contributed by atoms with Crippen molar-refractivity contribution in [2.75, 3.05) is 0 Å². The van der Waals surface area contributed by atoms with Gasteiger partial charge in [0.2, 0.25) is 0 Å². The van der Waals surface area contributed by atoms with Crippen LogP contribution in [0.25, 0.3) is 95.0 Å². The van der Waals surface area contributed by atoms with Gasteiger partial charge in [-0.1, -0.05) is 213 Å². The van der Waals surface area contributed by atoms with E-state index in [0.29, 0.717) is 11.4 Å². The van der Waals surface area contributed by atoms with Crippen molar-refractivity contribution < 1.29 is 26.2 Å². The van der Waals surface area contributed by atoms with E-state index in [4.69, 9.17) is 9.97 Å². The topological polar surface area (TPSA) is 50.9 Å². The molecule has 73 heavy (non-hydrogen) atoms. The van der Waals surface area contributed by atoms with Crippen molar-refractivity contribution in [3.8, 4) is 89.7 Å². The number of imidazole rings is 1. The summed E-state index contributed by atoms with van der Waals surface area (Å²) in [6.45, 7) is 20.5. The monoisotopic (exact) mass is 1130 g/mol. The first-order valence-corrected chi connectivity index (χ1v) is 25.5. The molecule has 0 fully saturated rings. The maximum absolute atomic E-state index is 12.8. The van der Waals surface area contributed by atoms with Crippen LogP contribution in [0, 0.1) is 6.07 Å². The Hall–Kier alpha value is -7.13. The minimum atomic E-state index is -0.188. The van der Waals surface area contributed by atoms with Crippen molar-refractivity contribution in [2.45, 2.75) is 91.4 Å². The van der Waals surface area contributed by atoms with Crippen LogP contribution >= 0.6 is 0 Å². The van der Waals surface area contributed by atoms with E-state index in [-0.39, 0.29) is 43.1 Å². The third-order valence-corrected chi connectivity index (χ3v) is 15.0. The smallest absolute Gasteiger partial charge is 0.148 e. The van der Waals surface area contributed by atoms with Gasteiger partial charge in [0.05, 0.1) is 22.3 Å². The molecule has 0 saturated heterocycles. The molecule has 1 N–H and O–H groups in total. The Morgan fingerprint density at radius 1 is 0.466 bits per heavy atom. The molecule has 8 aromatic carbocycles. The predicted molar refractivity (Wildman–Crippen MR) is 303 cm³/mol. The van der Waals surface area contributed by atoms with Crippen LogP contribution in [0.4, 0.5) is 0 Å². The molecule has 0 aliphatic rings. The van der Waals surface area contributed by atoms with Crippen molar-refractivity contribution in [1.29, 1.82) is 0 Å². The van der Waals surface area contributed by atoms with E-state index in [1.807, 2.05) is 30.5 Å². The van der Waals surface area contributed by atoms with Gasteiger partial charge in [-0.15, -0.1) is 29.3 Å². The number of nitrogens with zero attached hydrogens (tertiary/aromatic N) is 3. The van der Waals surface area contributed by atoms with Crippen LogP contribution in [0.3, 0.4) is 0 Å². The fourth-order valence-corrected chi connectivity index (χ4v) is 9.99. The summed E-state index contributed by atoms with van der Waals surface area (Å²) < 4.78 is 2.26. The third kappa shape index (κ3) is 10.0. The molecule has 0 bridgehead atoms. The van der Waals surface area contributed by atoms with E-state index in [1.54, 1.807) is 0 Å². The molecule has 0 radical (unpaired) electrons. The van der Waals surface area contributed by atoms with Gasteiger partial charge >= 0.3 is 0 Å². The zero-order chi connectivity index (χ0) is 50.4. The van der Waals surface area contributed by atoms with Crippen molar-refractivity contribution in [1.82, 2.24) is 14.5 Å². The first kappa shape index (κ1) is 50.8. The Morgan fingerprint density at radius 2 is 1.03 bits per heavy atom. The summed E-state index contributed by atoms with van der Waals surface area (Å²) in [5.74, 6) is 0.803. The van der Waals surface area contributed by atoms with Gasteiger partial charge < -0.3 is 5.11 Å². The minimum absolute atomic E-state index is 0. The Kier molecular flexibility index (Phi) is 14.2. The second-order valence-corrected chi connectivity index (χ2v) is 21.7. The Bertz CT molecular complexity index is 3560. The second kappa shape index (κ2) is 20.4. The summed E-state index contributed by atoms with van der Waals surface area (Å²) in [6, 6.07) is 70.4. The number of fused-ring (bicyclic) bond motifs is 1. The molecule has 0 unspecified atom stereocenters. The molecule has 0 aliphatic carbocycles. The van der Waals surface area contributed by atoms with Crippen molar-refractivity contribution in [2.24, 2.45) is 0 Å². The molecular formula is C68H64N3OPt-. The fraction of sp³-hybridized carbons (Fsp3) is 0.206. The number of para-hydroxylation sites is 1. The molecular weight excluding hydrogens is 1070 g/mol. The van der Waals surface area contributed by atoms with Crippen LogP contribution in [0.15, 0.2) is 194 Å². The standard InChI is InChI=1S/C68H64N3O.Pt/c1-10-68(9,11-2)53-32-30-46(31-33-53)49-36-37-69-60(43-49)52-38-51(39-55(40-52)67(6,7)8)56-28-21-29-62-63(56)70-65(71(62)61-35-34-54(66(3,4)5)44-57(61)47-24-17-13-18-25-47)59-42-50(45-22-15-12-16-23-45)41-58(64(59)72)48-26-19-14-20-27-48;/h12-37,39-44,72H,10-11H2,1-9H3;/q-1;. The van der Waals surface area contributed by atoms with Gasteiger partial charge in [-0.2, -0.15) is 0 Å². The number of hydrogen-bond donors (Lipinski definition) is 1. The zero-order valence-electron chi connectivity index (χ0n) is 43.5. The maximum atomic E-state index is 12.8. The van der Waals surface area contributed by atoms with Crippen LogP contribution in [-0.4, -0.2) is 19.6 Å². The average molecular weight is 1130 g/mol. The van der Waals surface area contributed by atoms with Crippen LogP contribution in [0.5, 0.6) is 5.75 Å². The summed E-state index contributed by atoms with van der Waals surface area (Å²) in [5, 5.41) is 12.8. The molecule has 368 valence electrons. The van der Waals surface area contributed by atoms with Crippen LogP contribution in [-0.2, 0) is 37.3 Å². The van der Waals surface area contributed by atoms with Gasteiger partial charge in [0.25, 0.3) is 0 Å². The van der Waals surface area contributed by atoms with Gasteiger partial charge in [-0.05, 0) is 110 Å². The first-order valence-electron chi connectivity index (χ1n) is 25.5. The van der Waals surface area contributed by atoms with Gasteiger partial charge in [0, 0.05) is 44.1 Å². The first-order chi connectivity index (χ1) is 34.6. The van der Waals surface area contributed by atoms with E-state index in [1.165, 1.54) is 16.7 Å². The minimum Gasteiger partial charge on any atom is -0.507 e. The van der Waals surface area contributed by atoms with Crippen LogP contribution in [0.2, 0.25) is 0 Å². The summed E-state index contributed by atoms with van der Waals surface area (Å²) in [5.41, 5.74) is 18.7. The zero-order valence-corrected chi connectivity index (χ0v) is 45.8. The molecule has 0 aliphatic heterocycles. The van der Waals surface area contributed by atoms with E-state index in [9.17, 15) is 5.11 Å². The van der Waals surface area contributed by atoms with Crippen LogP contribution in [0.1, 0.15) is 91.8 Å². The van der Waals surface area contributed by atoms with E-state index < -0.39 is 0 Å². The summed E-state index contributed by atoms with van der Waals surface area (Å²) in [7, 11) is 0. The second-order valence-electron chi connectivity index (χ2n) is 21.7. The molecule has 4 nitrogen and oxygen atoms in total. The Morgan fingerprint density at radius 3 is 1.64 bits per heavy atom. The van der Waals surface area contributed by atoms with E-state index in [2.05, 4.69) is 237 Å².